The van der Waals surface area contributed by atoms with Crippen LogP contribution < -0.4 is 16.2 Å². The van der Waals surface area contributed by atoms with Gasteiger partial charge < -0.3 is 10.1 Å². The highest BCUT2D eigenvalue weighted by Crippen LogP contribution is 2.06. The Bertz CT molecular complexity index is 879. The molecule has 0 heterocycles. The predicted molar refractivity (Wildman–Crippen MR) is 101 cm³/mol. The van der Waals surface area contributed by atoms with Crippen LogP contribution in [-0.2, 0) is 19.1 Å². The van der Waals surface area contributed by atoms with E-state index in [0.717, 1.165) is 0 Å². The molecule has 0 unspecified atom stereocenters. The van der Waals surface area contributed by atoms with Gasteiger partial charge in [-0.15, -0.1) is 0 Å². The summed E-state index contributed by atoms with van der Waals surface area (Å²) in [6, 6.07) is 17.1. The molecule has 0 aliphatic carbocycles. The van der Waals surface area contributed by atoms with Crippen LogP contribution in [0.4, 0.5) is 0 Å². The minimum Gasteiger partial charge on any atom is -0.451 e. The van der Waals surface area contributed by atoms with Crippen molar-refractivity contribution in [1.82, 2.24) is 16.2 Å². The Hall–Kier alpha value is -3.94. The van der Waals surface area contributed by atoms with Gasteiger partial charge in [0.2, 0.25) is 5.91 Å². The fourth-order valence-corrected chi connectivity index (χ4v) is 2.08. The maximum absolute atomic E-state index is 12.2. The summed E-state index contributed by atoms with van der Waals surface area (Å²) in [6.45, 7) is 0.609. The molecular weight excluding hydrogens is 362 g/mol. The summed E-state index contributed by atoms with van der Waals surface area (Å²) >= 11 is 0. The van der Waals surface area contributed by atoms with Gasteiger partial charge in [-0.05, 0) is 23.8 Å². The Morgan fingerprint density at radius 1 is 0.893 bits per heavy atom. The Balaban J connectivity index is 1.89. The van der Waals surface area contributed by atoms with Gasteiger partial charge >= 0.3 is 5.97 Å². The maximum atomic E-state index is 12.2. The van der Waals surface area contributed by atoms with Crippen LogP contribution in [0.15, 0.2) is 66.4 Å². The van der Waals surface area contributed by atoms with Gasteiger partial charge in [-0.3, -0.25) is 25.2 Å². The molecule has 0 atom stereocenters. The third kappa shape index (κ3) is 6.75. The Morgan fingerprint density at radius 2 is 1.50 bits per heavy atom. The summed E-state index contributed by atoms with van der Waals surface area (Å²) in [5.74, 6) is -2.59. The Labute approximate surface area is 161 Å². The van der Waals surface area contributed by atoms with Crippen molar-refractivity contribution >= 4 is 29.8 Å². The quantitative estimate of drug-likeness (QED) is 0.395. The van der Waals surface area contributed by atoms with Gasteiger partial charge in [-0.2, -0.15) is 0 Å². The van der Waals surface area contributed by atoms with E-state index in [0.29, 0.717) is 11.1 Å². The fourth-order valence-electron chi connectivity index (χ4n) is 2.08. The molecule has 0 saturated heterocycles. The van der Waals surface area contributed by atoms with Crippen LogP contribution in [-0.4, -0.2) is 30.3 Å². The summed E-state index contributed by atoms with van der Waals surface area (Å²) < 4.78 is 4.89. The third-order valence-electron chi connectivity index (χ3n) is 3.33. The van der Waals surface area contributed by atoms with Crippen LogP contribution in [0, 0.1) is 0 Å². The molecule has 3 N–H and O–H groups in total. The van der Waals surface area contributed by atoms with Gasteiger partial charge in [0.25, 0.3) is 11.8 Å². The molecule has 0 radical (unpaired) electrons. The summed E-state index contributed by atoms with van der Waals surface area (Å²) in [4.78, 5) is 47.1. The number of carbonyl (C=O) groups excluding carboxylic acids is 4. The molecule has 144 valence electrons. The summed E-state index contributed by atoms with van der Waals surface area (Å²) in [6.07, 6.45) is 1.43. The summed E-state index contributed by atoms with van der Waals surface area (Å²) in [5, 5.41) is 2.37. The normalized spacial score (nSPS) is 10.5. The van der Waals surface area contributed by atoms with E-state index >= 15 is 0 Å². The van der Waals surface area contributed by atoms with Crippen molar-refractivity contribution in [2.24, 2.45) is 0 Å². The molecule has 28 heavy (non-hydrogen) atoms. The van der Waals surface area contributed by atoms with Gasteiger partial charge in [-0.25, -0.2) is 4.79 Å². The van der Waals surface area contributed by atoms with E-state index in [2.05, 4.69) is 16.2 Å². The van der Waals surface area contributed by atoms with Crippen molar-refractivity contribution in [1.29, 1.82) is 0 Å². The minimum atomic E-state index is -0.886. The lowest BCUT2D eigenvalue weighted by atomic mass is 10.2. The number of ether oxygens (including phenoxy) is 1. The first-order valence-corrected chi connectivity index (χ1v) is 8.31. The molecule has 8 nitrogen and oxygen atoms in total. The zero-order valence-corrected chi connectivity index (χ0v) is 15.1. The molecule has 0 aliphatic heterocycles. The number of benzene rings is 2. The second-order valence-electron chi connectivity index (χ2n) is 5.59. The summed E-state index contributed by atoms with van der Waals surface area (Å²) in [5.41, 5.74) is 5.27. The number of hydrogen-bond donors (Lipinski definition) is 3. The molecule has 0 fully saturated rings. The average molecular weight is 381 g/mol. The topological polar surface area (TPSA) is 114 Å². The summed E-state index contributed by atoms with van der Waals surface area (Å²) in [7, 11) is 0. The largest absolute Gasteiger partial charge is 0.451 e. The Kier molecular flexibility index (Phi) is 7.47. The molecule has 0 bridgehead atoms. The first-order chi connectivity index (χ1) is 13.5. The van der Waals surface area contributed by atoms with E-state index in [1.54, 1.807) is 54.6 Å². The second-order valence-corrected chi connectivity index (χ2v) is 5.59. The maximum Gasteiger partial charge on any atom is 0.355 e. The highest BCUT2D eigenvalue weighted by atomic mass is 16.5. The highest BCUT2D eigenvalue weighted by Gasteiger charge is 2.15. The molecule has 0 aromatic heterocycles. The number of esters is 1. The van der Waals surface area contributed by atoms with Crippen molar-refractivity contribution < 1.29 is 23.9 Å². The molecule has 2 rings (SSSR count). The smallest absolute Gasteiger partial charge is 0.355 e. The van der Waals surface area contributed by atoms with Crippen molar-refractivity contribution in [2.45, 2.75) is 6.92 Å². The number of hydrazine groups is 1. The van der Waals surface area contributed by atoms with Crippen LogP contribution >= 0.6 is 0 Å². The number of nitrogens with one attached hydrogen (secondary N) is 3. The van der Waals surface area contributed by atoms with E-state index in [9.17, 15) is 19.2 Å². The number of rotatable bonds is 6. The van der Waals surface area contributed by atoms with Crippen LogP contribution in [0.3, 0.4) is 0 Å². The molecule has 0 saturated carbocycles. The minimum absolute atomic E-state index is 0.111. The van der Waals surface area contributed by atoms with Crippen molar-refractivity contribution in [2.75, 3.05) is 6.61 Å². The second kappa shape index (κ2) is 10.3. The predicted octanol–water partition coefficient (Wildman–Crippen LogP) is 1.17. The molecule has 8 heteroatoms. The first kappa shape index (κ1) is 20.4. The zero-order valence-electron chi connectivity index (χ0n) is 15.1. The molecule has 2 aromatic rings. The van der Waals surface area contributed by atoms with E-state index in [-0.39, 0.29) is 5.70 Å². The van der Waals surface area contributed by atoms with Gasteiger partial charge in [0.05, 0.1) is 0 Å². The standard InChI is InChI=1S/C20H19N3O5/c1-14(24)21-17(12-15-8-4-2-5-9-15)20(27)28-13-18(25)22-23-19(26)16-10-6-3-7-11-16/h2-12H,13H2,1H3,(H,21,24)(H,22,25)(H,23,26)/b17-12+. The monoisotopic (exact) mass is 381 g/mol. The van der Waals surface area contributed by atoms with E-state index in [1.165, 1.54) is 13.0 Å². The lowest BCUT2D eigenvalue weighted by Crippen LogP contribution is -2.43. The SMILES string of the molecule is CC(=O)N/C(=C/c1ccccc1)C(=O)OCC(=O)NNC(=O)c1ccccc1. The lowest BCUT2D eigenvalue weighted by molar-refractivity contribution is -0.145. The van der Waals surface area contributed by atoms with E-state index < -0.39 is 30.3 Å². The lowest BCUT2D eigenvalue weighted by Gasteiger charge is -2.10. The van der Waals surface area contributed by atoms with Crippen LogP contribution in [0.5, 0.6) is 0 Å². The van der Waals surface area contributed by atoms with Gasteiger partial charge in [0, 0.05) is 12.5 Å². The van der Waals surface area contributed by atoms with Crippen molar-refractivity contribution in [3.05, 3.63) is 77.5 Å². The fraction of sp³-hybridized carbons (Fsp3) is 0.100. The molecule has 3 amide bonds. The highest BCUT2D eigenvalue weighted by molar-refractivity contribution is 5.99. The molecule has 0 spiro atoms. The number of hydrogen-bond acceptors (Lipinski definition) is 5. The van der Waals surface area contributed by atoms with Crippen LogP contribution in [0.25, 0.3) is 6.08 Å². The molecular formula is C20H19N3O5. The van der Waals surface area contributed by atoms with Crippen LogP contribution in [0.1, 0.15) is 22.8 Å². The van der Waals surface area contributed by atoms with Gasteiger partial charge in [0.15, 0.2) is 6.61 Å². The molecule has 2 aromatic carbocycles. The zero-order chi connectivity index (χ0) is 20.4. The van der Waals surface area contributed by atoms with Crippen molar-refractivity contribution in [3.63, 3.8) is 0 Å². The Morgan fingerprint density at radius 3 is 2.11 bits per heavy atom. The number of carbonyl (C=O) groups is 4. The number of amides is 3. The van der Waals surface area contributed by atoms with Crippen molar-refractivity contribution in [3.8, 4) is 0 Å². The molecule has 0 aliphatic rings. The van der Waals surface area contributed by atoms with Gasteiger partial charge in [-0.1, -0.05) is 48.5 Å². The average Bonchev–Trinajstić information content (AvgIpc) is 2.70. The third-order valence-corrected chi connectivity index (χ3v) is 3.33. The van der Waals surface area contributed by atoms with Gasteiger partial charge in [0.1, 0.15) is 5.70 Å². The van der Waals surface area contributed by atoms with E-state index in [1.807, 2.05) is 6.07 Å². The first-order valence-electron chi connectivity index (χ1n) is 8.31. The van der Waals surface area contributed by atoms with Crippen LogP contribution in [0.2, 0.25) is 0 Å². The van der Waals surface area contributed by atoms with E-state index in [4.69, 9.17) is 4.74 Å².